The predicted molar refractivity (Wildman–Crippen MR) is 74.8 cm³/mol. The Hall–Kier alpha value is -0.730. The van der Waals surface area contributed by atoms with Crippen molar-refractivity contribution in [1.82, 2.24) is 4.90 Å². The monoisotopic (exact) mass is 252 g/mol. The van der Waals surface area contributed by atoms with Crippen LogP contribution in [0.2, 0.25) is 5.02 Å². The van der Waals surface area contributed by atoms with Crippen LogP contribution in [0.5, 0.6) is 0 Å². The van der Waals surface area contributed by atoms with Crippen molar-refractivity contribution in [2.75, 3.05) is 25.0 Å². The smallest absolute Gasteiger partial charge is 0.0407 e. The summed E-state index contributed by atoms with van der Waals surface area (Å²) in [6.45, 7) is 8.02. The SMILES string of the molecule is CC1CC(C)N(CCNc2ccc(Cl)cc2)C1. The molecule has 1 heterocycles. The van der Waals surface area contributed by atoms with E-state index in [1.54, 1.807) is 0 Å². The molecule has 17 heavy (non-hydrogen) atoms. The molecule has 0 aliphatic carbocycles. The number of nitrogens with zero attached hydrogens (tertiary/aromatic N) is 1. The number of halogens is 1. The minimum absolute atomic E-state index is 0.733. The third-order valence-corrected chi connectivity index (χ3v) is 3.74. The first-order valence-corrected chi connectivity index (χ1v) is 6.76. The van der Waals surface area contributed by atoms with Crippen molar-refractivity contribution < 1.29 is 0 Å². The van der Waals surface area contributed by atoms with Crippen molar-refractivity contribution in [3.63, 3.8) is 0 Å². The summed E-state index contributed by atoms with van der Waals surface area (Å²) in [5.74, 6) is 0.848. The van der Waals surface area contributed by atoms with Gasteiger partial charge in [0, 0.05) is 36.4 Å². The molecular formula is C14H21ClN2. The summed E-state index contributed by atoms with van der Waals surface area (Å²) < 4.78 is 0. The molecule has 1 aliphatic rings. The van der Waals surface area contributed by atoms with Crippen LogP contribution in [-0.2, 0) is 0 Å². The van der Waals surface area contributed by atoms with Crippen LogP contribution in [0.25, 0.3) is 0 Å². The highest BCUT2D eigenvalue weighted by Gasteiger charge is 2.24. The summed E-state index contributed by atoms with van der Waals surface area (Å²) in [4.78, 5) is 2.56. The Morgan fingerprint density at radius 3 is 2.59 bits per heavy atom. The molecule has 1 aromatic rings. The highest BCUT2D eigenvalue weighted by atomic mass is 35.5. The molecule has 0 saturated carbocycles. The fourth-order valence-corrected chi connectivity index (χ4v) is 2.74. The van der Waals surface area contributed by atoms with Gasteiger partial charge in [0.15, 0.2) is 0 Å². The van der Waals surface area contributed by atoms with E-state index in [9.17, 15) is 0 Å². The number of benzene rings is 1. The molecule has 2 atom stereocenters. The van der Waals surface area contributed by atoms with Gasteiger partial charge in [-0.15, -0.1) is 0 Å². The van der Waals surface area contributed by atoms with Gasteiger partial charge in [0.05, 0.1) is 0 Å². The van der Waals surface area contributed by atoms with Gasteiger partial charge in [0.1, 0.15) is 0 Å². The topological polar surface area (TPSA) is 15.3 Å². The normalized spacial score (nSPS) is 25.1. The Kier molecular flexibility index (Phi) is 4.30. The van der Waals surface area contributed by atoms with Gasteiger partial charge in [-0.25, -0.2) is 0 Å². The number of hydrogen-bond donors (Lipinski definition) is 1. The van der Waals surface area contributed by atoms with E-state index in [1.807, 2.05) is 24.3 Å². The van der Waals surface area contributed by atoms with Crippen molar-refractivity contribution in [3.8, 4) is 0 Å². The summed E-state index contributed by atoms with van der Waals surface area (Å²) in [6.07, 6.45) is 1.33. The molecule has 0 radical (unpaired) electrons. The summed E-state index contributed by atoms with van der Waals surface area (Å²) >= 11 is 5.85. The lowest BCUT2D eigenvalue weighted by Crippen LogP contribution is -2.32. The van der Waals surface area contributed by atoms with Gasteiger partial charge in [-0.05, 0) is 43.5 Å². The number of likely N-dealkylation sites (tertiary alicyclic amines) is 1. The fraction of sp³-hybridized carbons (Fsp3) is 0.571. The molecule has 2 nitrogen and oxygen atoms in total. The average Bonchev–Trinajstić information content (AvgIpc) is 2.60. The van der Waals surface area contributed by atoms with Crippen LogP contribution in [-0.4, -0.2) is 30.6 Å². The van der Waals surface area contributed by atoms with E-state index in [0.717, 1.165) is 35.8 Å². The third-order valence-electron chi connectivity index (χ3n) is 3.49. The second-order valence-electron chi connectivity index (χ2n) is 5.12. The zero-order valence-electron chi connectivity index (χ0n) is 10.6. The quantitative estimate of drug-likeness (QED) is 0.883. The molecule has 2 unspecified atom stereocenters. The average molecular weight is 253 g/mol. The highest BCUT2D eigenvalue weighted by Crippen LogP contribution is 2.21. The van der Waals surface area contributed by atoms with Crippen molar-refractivity contribution in [3.05, 3.63) is 29.3 Å². The van der Waals surface area contributed by atoms with E-state index in [0.29, 0.717) is 0 Å². The zero-order valence-corrected chi connectivity index (χ0v) is 11.4. The van der Waals surface area contributed by atoms with Crippen molar-refractivity contribution in [1.29, 1.82) is 0 Å². The maximum absolute atomic E-state index is 5.85. The van der Waals surface area contributed by atoms with Crippen LogP contribution >= 0.6 is 11.6 Å². The van der Waals surface area contributed by atoms with Gasteiger partial charge in [-0.2, -0.15) is 0 Å². The molecular weight excluding hydrogens is 232 g/mol. The molecule has 1 aromatic carbocycles. The third kappa shape index (κ3) is 3.62. The van der Waals surface area contributed by atoms with Crippen LogP contribution < -0.4 is 5.32 Å². The molecule has 0 amide bonds. The Morgan fingerprint density at radius 2 is 2.00 bits per heavy atom. The number of anilines is 1. The number of nitrogens with one attached hydrogen (secondary N) is 1. The van der Waals surface area contributed by atoms with Crippen LogP contribution in [0, 0.1) is 5.92 Å². The fourth-order valence-electron chi connectivity index (χ4n) is 2.61. The molecule has 0 bridgehead atoms. The Bertz CT molecular complexity index is 350. The van der Waals surface area contributed by atoms with Crippen molar-refractivity contribution in [2.45, 2.75) is 26.3 Å². The molecule has 0 aromatic heterocycles. The summed E-state index contributed by atoms with van der Waals surface area (Å²) in [7, 11) is 0. The second kappa shape index (κ2) is 5.74. The van der Waals surface area contributed by atoms with Crippen molar-refractivity contribution in [2.24, 2.45) is 5.92 Å². The van der Waals surface area contributed by atoms with Crippen LogP contribution in [0.1, 0.15) is 20.3 Å². The minimum Gasteiger partial charge on any atom is -0.384 e. The van der Waals surface area contributed by atoms with Gasteiger partial charge in [0.25, 0.3) is 0 Å². The standard InChI is InChI=1S/C14H21ClN2/c1-11-9-12(2)17(10-11)8-7-16-14-5-3-13(15)4-6-14/h3-6,11-12,16H,7-10H2,1-2H3. The van der Waals surface area contributed by atoms with Crippen LogP contribution in [0.15, 0.2) is 24.3 Å². The lowest BCUT2D eigenvalue weighted by atomic mass is 10.1. The Morgan fingerprint density at radius 1 is 1.29 bits per heavy atom. The van der Waals surface area contributed by atoms with E-state index in [4.69, 9.17) is 11.6 Å². The van der Waals surface area contributed by atoms with Gasteiger partial charge in [-0.3, -0.25) is 4.90 Å². The van der Waals surface area contributed by atoms with Gasteiger partial charge < -0.3 is 5.32 Å². The molecule has 2 rings (SSSR count). The molecule has 0 spiro atoms. The van der Waals surface area contributed by atoms with Gasteiger partial charge in [0.2, 0.25) is 0 Å². The van der Waals surface area contributed by atoms with Crippen LogP contribution in [0.4, 0.5) is 5.69 Å². The zero-order chi connectivity index (χ0) is 12.3. The first kappa shape index (κ1) is 12.7. The molecule has 1 fully saturated rings. The minimum atomic E-state index is 0.733. The molecule has 1 saturated heterocycles. The Labute approximate surface area is 109 Å². The van der Waals surface area contributed by atoms with Gasteiger partial charge >= 0.3 is 0 Å². The number of rotatable bonds is 4. The summed E-state index contributed by atoms with van der Waals surface area (Å²) in [5.41, 5.74) is 1.15. The second-order valence-corrected chi connectivity index (χ2v) is 5.55. The van der Waals surface area contributed by atoms with E-state index in [2.05, 4.69) is 24.1 Å². The van der Waals surface area contributed by atoms with Crippen LogP contribution in [0.3, 0.4) is 0 Å². The first-order valence-electron chi connectivity index (χ1n) is 6.38. The molecule has 1 aliphatic heterocycles. The number of hydrogen-bond acceptors (Lipinski definition) is 2. The first-order chi connectivity index (χ1) is 8.15. The summed E-state index contributed by atoms with van der Waals surface area (Å²) in [5, 5.41) is 4.22. The molecule has 94 valence electrons. The lowest BCUT2D eigenvalue weighted by molar-refractivity contribution is 0.275. The van der Waals surface area contributed by atoms with Crippen molar-refractivity contribution >= 4 is 17.3 Å². The van der Waals surface area contributed by atoms with Gasteiger partial charge in [-0.1, -0.05) is 18.5 Å². The van der Waals surface area contributed by atoms with E-state index >= 15 is 0 Å². The lowest BCUT2D eigenvalue weighted by Gasteiger charge is -2.21. The molecule has 1 N–H and O–H groups in total. The van der Waals surface area contributed by atoms with E-state index < -0.39 is 0 Å². The van der Waals surface area contributed by atoms with E-state index in [-0.39, 0.29) is 0 Å². The molecule has 3 heteroatoms. The maximum atomic E-state index is 5.85. The maximum Gasteiger partial charge on any atom is 0.0407 e. The predicted octanol–water partition coefficient (Wildman–Crippen LogP) is 3.48. The Balaban J connectivity index is 1.74. The highest BCUT2D eigenvalue weighted by molar-refractivity contribution is 6.30. The van der Waals surface area contributed by atoms with E-state index in [1.165, 1.54) is 13.0 Å². The largest absolute Gasteiger partial charge is 0.384 e. The summed E-state index contributed by atoms with van der Waals surface area (Å²) in [6, 6.07) is 8.63.